The molecule has 0 bridgehead atoms. The van der Waals surface area contributed by atoms with Crippen molar-refractivity contribution < 1.29 is 9.59 Å². The number of hydrogen-bond acceptors (Lipinski definition) is 4. The van der Waals surface area contributed by atoms with Gasteiger partial charge in [0.05, 0.1) is 0 Å². The fraction of sp³-hybridized carbons (Fsp3) is 0.800. The third kappa shape index (κ3) is 3.21. The number of hydrogen-bond donors (Lipinski definition) is 1. The third-order valence-corrected chi connectivity index (χ3v) is 3.51. The minimum Gasteiger partial charge on any atom is -0.314 e. The lowest BCUT2D eigenvalue weighted by Crippen LogP contribution is -2.39. The van der Waals surface area contributed by atoms with Gasteiger partial charge in [0, 0.05) is 24.8 Å². The highest BCUT2D eigenvalue weighted by atomic mass is 32.2. The van der Waals surface area contributed by atoms with E-state index in [0.717, 1.165) is 13.0 Å². The van der Waals surface area contributed by atoms with Crippen LogP contribution in [0.1, 0.15) is 25.7 Å². The average molecular weight is 228 g/mol. The molecule has 2 aliphatic rings. The minimum atomic E-state index is -0.0716. The highest BCUT2D eigenvalue weighted by Gasteiger charge is 2.26. The lowest BCUT2D eigenvalue weighted by Gasteiger charge is -2.23. The molecule has 1 saturated heterocycles. The Kier molecular flexibility index (Phi) is 3.64. The number of amides is 2. The molecule has 15 heavy (non-hydrogen) atoms. The fourth-order valence-electron chi connectivity index (χ4n) is 1.59. The average Bonchev–Trinajstić information content (AvgIpc) is 3.00. The Morgan fingerprint density at radius 3 is 2.87 bits per heavy atom. The Morgan fingerprint density at radius 1 is 1.40 bits per heavy atom. The Bertz CT molecular complexity index is 250. The zero-order valence-electron chi connectivity index (χ0n) is 8.70. The molecule has 4 nitrogen and oxygen atoms in total. The van der Waals surface area contributed by atoms with Crippen LogP contribution in [0.5, 0.6) is 0 Å². The van der Waals surface area contributed by atoms with Crippen LogP contribution in [0.2, 0.25) is 0 Å². The molecule has 84 valence electrons. The first-order valence-corrected chi connectivity index (χ1v) is 6.46. The molecule has 0 radical (unpaired) electrons. The maximum absolute atomic E-state index is 11.4. The number of carbonyl (C=O) groups is 2. The first kappa shape index (κ1) is 11.0. The maximum atomic E-state index is 11.4. The van der Waals surface area contributed by atoms with Gasteiger partial charge >= 0.3 is 0 Å². The van der Waals surface area contributed by atoms with Crippen molar-refractivity contribution in [3.05, 3.63) is 0 Å². The Balaban J connectivity index is 1.66. The molecule has 5 heteroatoms. The van der Waals surface area contributed by atoms with Crippen LogP contribution in [-0.2, 0) is 4.79 Å². The monoisotopic (exact) mass is 228 g/mol. The van der Waals surface area contributed by atoms with E-state index in [-0.39, 0.29) is 11.1 Å². The largest absolute Gasteiger partial charge is 0.314 e. The Labute approximate surface area is 93.8 Å². The molecule has 2 rings (SSSR count). The molecule has 2 fully saturated rings. The van der Waals surface area contributed by atoms with Gasteiger partial charge in [-0.15, -0.1) is 0 Å². The van der Waals surface area contributed by atoms with Crippen molar-refractivity contribution in [1.29, 1.82) is 0 Å². The summed E-state index contributed by atoms with van der Waals surface area (Å²) in [5, 5.41) is 3.30. The first-order chi connectivity index (χ1) is 7.27. The summed E-state index contributed by atoms with van der Waals surface area (Å²) in [5.74, 6) is 0.638. The van der Waals surface area contributed by atoms with Crippen molar-refractivity contribution in [3.63, 3.8) is 0 Å². The molecule has 2 amide bonds. The SMILES string of the molecule is O=C1CCSC(=O)N1CCCNC1CC1. The third-order valence-electron chi connectivity index (χ3n) is 2.63. The Hall–Kier alpha value is -0.550. The van der Waals surface area contributed by atoms with E-state index in [0.29, 0.717) is 24.8 Å². The molecule has 1 aliphatic carbocycles. The standard InChI is InChI=1S/C10H16N2O2S/c13-9-4-7-15-10(14)12(9)6-1-5-11-8-2-3-8/h8,11H,1-7H2. The zero-order chi connectivity index (χ0) is 10.7. The van der Waals surface area contributed by atoms with Crippen LogP contribution in [0.25, 0.3) is 0 Å². The molecular formula is C10H16N2O2S. The predicted molar refractivity (Wildman–Crippen MR) is 59.8 cm³/mol. The van der Waals surface area contributed by atoms with E-state index in [1.807, 2.05) is 0 Å². The smallest absolute Gasteiger partial charge is 0.288 e. The summed E-state index contributed by atoms with van der Waals surface area (Å²) in [7, 11) is 0. The van der Waals surface area contributed by atoms with Crippen LogP contribution in [0.15, 0.2) is 0 Å². The van der Waals surface area contributed by atoms with Crippen molar-refractivity contribution in [1.82, 2.24) is 10.2 Å². The summed E-state index contributed by atoms with van der Waals surface area (Å²) >= 11 is 1.25. The van der Waals surface area contributed by atoms with Gasteiger partial charge in [-0.25, -0.2) is 0 Å². The van der Waals surface area contributed by atoms with E-state index in [9.17, 15) is 9.59 Å². The molecular weight excluding hydrogens is 212 g/mol. The van der Waals surface area contributed by atoms with E-state index < -0.39 is 0 Å². The van der Waals surface area contributed by atoms with Gasteiger partial charge in [-0.3, -0.25) is 14.5 Å². The number of nitrogens with zero attached hydrogens (tertiary/aromatic N) is 1. The molecule has 1 aliphatic heterocycles. The normalized spacial score (nSPS) is 22.3. The van der Waals surface area contributed by atoms with Gasteiger partial charge in [-0.1, -0.05) is 11.8 Å². The quantitative estimate of drug-likeness (QED) is 0.719. The molecule has 1 N–H and O–H groups in total. The first-order valence-electron chi connectivity index (χ1n) is 5.48. The van der Waals surface area contributed by atoms with Crippen molar-refractivity contribution in [3.8, 4) is 0 Å². The fourth-order valence-corrected chi connectivity index (χ4v) is 2.39. The second-order valence-electron chi connectivity index (χ2n) is 3.99. The van der Waals surface area contributed by atoms with Crippen LogP contribution in [0, 0.1) is 0 Å². The molecule has 0 aromatic rings. The second-order valence-corrected chi connectivity index (χ2v) is 5.04. The van der Waals surface area contributed by atoms with Crippen LogP contribution in [-0.4, -0.2) is 40.9 Å². The molecule has 0 aromatic heterocycles. The maximum Gasteiger partial charge on any atom is 0.288 e. The Morgan fingerprint density at radius 2 is 2.20 bits per heavy atom. The summed E-state index contributed by atoms with van der Waals surface area (Å²) in [5.41, 5.74) is 0. The van der Waals surface area contributed by atoms with E-state index in [4.69, 9.17) is 0 Å². The van der Waals surface area contributed by atoms with E-state index in [2.05, 4.69) is 5.32 Å². The van der Waals surface area contributed by atoms with Crippen LogP contribution in [0.3, 0.4) is 0 Å². The molecule has 1 heterocycles. The number of rotatable bonds is 5. The number of carbonyl (C=O) groups excluding carboxylic acids is 2. The minimum absolute atomic E-state index is 0.00910. The van der Waals surface area contributed by atoms with Crippen molar-refractivity contribution in [2.24, 2.45) is 0 Å². The lowest BCUT2D eigenvalue weighted by atomic mass is 10.3. The molecule has 0 atom stereocenters. The second kappa shape index (κ2) is 4.99. The van der Waals surface area contributed by atoms with E-state index in [1.165, 1.54) is 29.5 Å². The number of thioether (sulfide) groups is 1. The summed E-state index contributed by atoms with van der Waals surface area (Å²) in [4.78, 5) is 24.2. The zero-order valence-corrected chi connectivity index (χ0v) is 9.52. The molecule has 0 spiro atoms. The van der Waals surface area contributed by atoms with Gasteiger partial charge in [0.1, 0.15) is 0 Å². The van der Waals surface area contributed by atoms with Crippen LogP contribution >= 0.6 is 11.8 Å². The van der Waals surface area contributed by atoms with E-state index in [1.54, 1.807) is 0 Å². The summed E-state index contributed by atoms with van der Waals surface area (Å²) in [6.45, 7) is 1.48. The number of imide groups is 1. The lowest BCUT2D eigenvalue weighted by molar-refractivity contribution is -0.127. The summed E-state index contributed by atoms with van der Waals surface area (Å²) in [6.07, 6.45) is 3.93. The predicted octanol–water partition coefficient (Wildman–Crippen LogP) is 1.21. The van der Waals surface area contributed by atoms with Crippen molar-refractivity contribution >= 4 is 22.9 Å². The summed E-state index contributed by atoms with van der Waals surface area (Å²) < 4.78 is 0. The van der Waals surface area contributed by atoms with Gasteiger partial charge < -0.3 is 5.32 Å². The van der Waals surface area contributed by atoms with Crippen LogP contribution in [0.4, 0.5) is 4.79 Å². The number of nitrogens with one attached hydrogen (secondary N) is 1. The molecule has 1 saturated carbocycles. The van der Waals surface area contributed by atoms with Crippen molar-refractivity contribution in [2.45, 2.75) is 31.7 Å². The molecule has 0 unspecified atom stereocenters. The van der Waals surface area contributed by atoms with Gasteiger partial charge in [-0.05, 0) is 25.8 Å². The van der Waals surface area contributed by atoms with Gasteiger partial charge in [-0.2, -0.15) is 0 Å². The van der Waals surface area contributed by atoms with Crippen LogP contribution < -0.4 is 5.32 Å². The van der Waals surface area contributed by atoms with Gasteiger partial charge in [0.15, 0.2) is 0 Å². The van der Waals surface area contributed by atoms with Gasteiger partial charge in [0.2, 0.25) is 5.91 Å². The van der Waals surface area contributed by atoms with E-state index >= 15 is 0 Å². The highest BCUT2D eigenvalue weighted by Crippen LogP contribution is 2.19. The topological polar surface area (TPSA) is 49.4 Å². The van der Waals surface area contributed by atoms with Crippen molar-refractivity contribution in [2.75, 3.05) is 18.8 Å². The highest BCUT2D eigenvalue weighted by molar-refractivity contribution is 8.13. The summed E-state index contributed by atoms with van der Waals surface area (Å²) in [6, 6.07) is 0.701. The molecule has 0 aromatic carbocycles. The van der Waals surface area contributed by atoms with Gasteiger partial charge in [0.25, 0.3) is 5.24 Å².